The molecule has 0 aliphatic heterocycles. The van der Waals surface area contributed by atoms with Crippen molar-refractivity contribution < 1.29 is 17.1 Å². The van der Waals surface area contributed by atoms with Crippen LogP contribution in [0.2, 0.25) is 0 Å². The van der Waals surface area contributed by atoms with E-state index in [1.807, 2.05) is 0 Å². The van der Waals surface area contributed by atoms with Crippen LogP contribution in [0.15, 0.2) is 9.98 Å². The zero-order valence-electron chi connectivity index (χ0n) is 3.46. The minimum Gasteiger partial charge on any atom is -0.408 e. The van der Waals surface area contributed by atoms with Crippen molar-refractivity contribution in [1.82, 2.24) is 0 Å². The van der Waals surface area contributed by atoms with Gasteiger partial charge in [0.05, 0.1) is 0 Å². The monoisotopic (exact) mass is 125 g/mol. The number of nitrogens with zero attached hydrogens (tertiary/aromatic N) is 2. The summed E-state index contributed by atoms with van der Waals surface area (Å²) in [6, 6.07) is 2.25. The topological polar surface area (TPSA) is 24.7 Å². The molecule has 0 aliphatic rings. The number of hydrogen-bond donors (Lipinski definition) is 0. The van der Waals surface area contributed by atoms with Crippen LogP contribution in [-0.4, -0.2) is 13.1 Å². The summed E-state index contributed by atoms with van der Waals surface area (Å²) in [6.45, 7) is 0. The second-order valence-electron chi connectivity index (χ2n) is 0.482. The van der Waals surface area contributed by atoms with E-state index in [1.54, 1.807) is 7.05 Å². The summed E-state index contributed by atoms with van der Waals surface area (Å²) in [5.74, 6) is 0. The Morgan fingerprint density at radius 1 is 1.67 bits per heavy atom. The summed E-state index contributed by atoms with van der Waals surface area (Å²) in [4.78, 5) is 6.56. The third-order valence-electron chi connectivity index (χ3n) is 0.171. The second kappa shape index (κ2) is 8.84. The molecule has 3 heteroatoms. The summed E-state index contributed by atoms with van der Waals surface area (Å²) >= 11 is 0. The summed E-state index contributed by atoms with van der Waals surface area (Å²) in [6.07, 6.45) is 0. The fourth-order valence-electron chi connectivity index (χ4n) is 0.0707. The number of rotatable bonds is 0. The average molecular weight is 125 g/mol. The minimum absolute atomic E-state index is 0. The van der Waals surface area contributed by atoms with Gasteiger partial charge in [-0.3, -0.25) is 0 Å². The maximum atomic E-state index is 3.38. The van der Waals surface area contributed by atoms with E-state index in [0.29, 0.717) is 0 Å². The molecule has 0 atom stereocenters. The fraction of sp³-hybridized carbons (Fsp3) is 0.333. The molecule has 0 N–H and O–H groups in total. The molecule has 0 aromatic rings. The van der Waals surface area contributed by atoms with E-state index in [1.165, 1.54) is 0 Å². The van der Waals surface area contributed by atoms with Gasteiger partial charge in [0.15, 0.2) is 0 Å². The van der Waals surface area contributed by atoms with Crippen molar-refractivity contribution in [3.8, 4) is 0 Å². The molecule has 0 aliphatic carbocycles. The van der Waals surface area contributed by atoms with Crippen LogP contribution in [0.1, 0.15) is 0 Å². The van der Waals surface area contributed by atoms with Crippen LogP contribution in [0, 0.1) is 7.05 Å². The Balaban J connectivity index is 0. The second-order valence-corrected chi connectivity index (χ2v) is 0.482. The van der Waals surface area contributed by atoms with E-state index in [2.05, 4.69) is 23.0 Å². The molecule has 0 aromatic heterocycles. The van der Waals surface area contributed by atoms with Crippen molar-refractivity contribution in [3.05, 3.63) is 7.05 Å². The summed E-state index contributed by atoms with van der Waals surface area (Å²) in [5.41, 5.74) is 0. The van der Waals surface area contributed by atoms with Crippen molar-refractivity contribution in [3.63, 3.8) is 0 Å². The molecule has 0 amide bonds. The van der Waals surface area contributed by atoms with Crippen LogP contribution >= 0.6 is 0 Å². The van der Waals surface area contributed by atoms with Crippen LogP contribution in [0.5, 0.6) is 0 Å². The van der Waals surface area contributed by atoms with E-state index < -0.39 is 0 Å². The Morgan fingerprint density at radius 3 is 2.17 bits per heavy atom. The molecule has 0 aromatic carbocycles. The quantitative estimate of drug-likeness (QED) is 0.257. The first kappa shape index (κ1) is 9.24. The van der Waals surface area contributed by atoms with E-state index in [9.17, 15) is 0 Å². The van der Waals surface area contributed by atoms with Gasteiger partial charge in [0, 0.05) is 24.1 Å². The van der Waals surface area contributed by atoms with Gasteiger partial charge in [-0.1, -0.05) is 0 Å². The summed E-state index contributed by atoms with van der Waals surface area (Å²) in [7, 11) is 4.69. The van der Waals surface area contributed by atoms with Crippen molar-refractivity contribution >= 4 is 6.01 Å². The molecule has 36 valence electrons. The molecule has 0 heterocycles. The van der Waals surface area contributed by atoms with Crippen molar-refractivity contribution in [2.45, 2.75) is 0 Å². The van der Waals surface area contributed by atoms with Gasteiger partial charge >= 0.3 is 0 Å². The zero-order valence-corrected chi connectivity index (χ0v) is 4.56. The smallest absolute Gasteiger partial charge is 0.0160 e. The first-order valence-corrected chi connectivity index (χ1v) is 1.21. The van der Waals surface area contributed by atoms with Gasteiger partial charge < -0.3 is 9.98 Å². The van der Waals surface area contributed by atoms with Crippen LogP contribution in [0.4, 0.5) is 0 Å². The summed E-state index contributed by atoms with van der Waals surface area (Å²) in [5, 5.41) is 0. The van der Waals surface area contributed by atoms with Gasteiger partial charge in [0.1, 0.15) is 0 Å². The maximum Gasteiger partial charge on any atom is 0.0160 e. The molecule has 0 radical (unpaired) electrons. The SMILES string of the molecule is [CH2-]N=C=NC.[Fe]. The molecular formula is C3H5FeN2-. The molecule has 0 unspecified atom stereocenters. The van der Waals surface area contributed by atoms with Crippen LogP contribution in [-0.2, 0) is 17.1 Å². The van der Waals surface area contributed by atoms with Gasteiger partial charge in [0.25, 0.3) is 0 Å². The van der Waals surface area contributed by atoms with Gasteiger partial charge in [-0.25, -0.2) is 0 Å². The molecule has 2 nitrogen and oxygen atoms in total. The van der Waals surface area contributed by atoms with E-state index in [-0.39, 0.29) is 17.1 Å². The van der Waals surface area contributed by atoms with Crippen molar-refractivity contribution in [2.24, 2.45) is 9.98 Å². The standard InChI is InChI=1S/C3H5N2.Fe/c1-4-3-5-2;/h1H2,2H3;/q-1;. The van der Waals surface area contributed by atoms with E-state index in [4.69, 9.17) is 0 Å². The van der Waals surface area contributed by atoms with Gasteiger partial charge in [0.2, 0.25) is 0 Å². The Hall–Kier alpha value is -0.231. The van der Waals surface area contributed by atoms with Crippen LogP contribution in [0.25, 0.3) is 0 Å². The van der Waals surface area contributed by atoms with Crippen molar-refractivity contribution in [1.29, 1.82) is 0 Å². The molecule has 0 rings (SSSR count). The first-order valence-electron chi connectivity index (χ1n) is 1.21. The van der Waals surface area contributed by atoms with Gasteiger partial charge in [-0.15, -0.1) is 0 Å². The predicted octanol–water partition coefficient (Wildman–Crippen LogP) is 0.579. The molecule has 0 spiro atoms. The Kier molecular flexibility index (Phi) is 13.6. The Labute approximate surface area is 47.9 Å². The van der Waals surface area contributed by atoms with Crippen LogP contribution < -0.4 is 0 Å². The molecule has 0 bridgehead atoms. The minimum atomic E-state index is 0. The Bertz CT molecular complexity index is 57.2. The molecule has 0 saturated carbocycles. The normalized spacial score (nSPS) is 4.17. The van der Waals surface area contributed by atoms with Gasteiger partial charge in [-0.05, 0) is 0 Å². The third kappa shape index (κ3) is 9.23. The predicted molar refractivity (Wildman–Crippen MR) is 21.1 cm³/mol. The number of hydrogen-bond acceptors (Lipinski definition) is 2. The molecule has 0 fully saturated rings. The van der Waals surface area contributed by atoms with E-state index in [0.717, 1.165) is 0 Å². The Morgan fingerprint density at radius 2 is 2.17 bits per heavy atom. The zero-order chi connectivity index (χ0) is 4.12. The largest absolute Gasteiger partial charge is 0.408 e. The van der Waals surface area contributed by atoms with E-state index >= 15 is 0 Å². The fourth-order valence-corrected chi connectivity index (χ4v) is 0.0707. The molecular weight excluding hydrogens is 120 g/mol. The van der Waals surface area contributed by atoms with Crippen LogP contribution in [0.3, 0.4) is 0 Å². The third-order valence-corrected chi connectivity index (χ3v) is 0.171. The maximum absolute atomic E-state index is 3.38. The first-order chi connectivity index (χ1) is 2.41. The molecule has 0 saturated heterocycles. The molecule has 6 heavy (non-hydrogen) atoms. The summed E-state index contributed by atoms with van der Waals surface area (Å²) < 4.78 is 0. The number of aliphatic imine (C=N–C) groups is 2. The van der Waals surface area contributed by atoms with Crippen molar-refractivity contribution in [2.75, 3.05) is 7.05 Å². The average Bonchev–Trinajstić information content (AvgIpc) is 1.41. The van der Waals surface area contributed by atoms with Gasteiger partial charge in [-0.2, -0.15) is 13.1 Å².